The lowest BCUT2D eigenvalue weighted by Gasteiger charge is -2.42. The highest BCUT2D eigenvalue weighted by Crippen LogP contribution is 2.47. The first-order valence-corrected chi connectivity index (χ1v) is 14.2. The average molecular weight is 563 g/mol. The molecule has 1 saturated carbocycles. The molecule has 5 heterocycles. The van der Waals surface area contributed by atoms with Gasteiger partial charge >= 0.3 is 12.1 Å². The molecule has 10 nitrogen and oxygen atoms in total. The number of nitrogens with zero attached hydrogens (tertiary/aromatic N) is 6. The number of rotatable bonds is 6. The van der Waals surface area contributed by atoms with E-state index in [2.05, 4.69) is 19.8 Å². The number of amides is 1. The molecule has 4 fully saturated rings. The Bertz CT molecular complexity index is 1230. The molecule has 6 rings (SSSR count). The Labute approximate surface area is 232 Å². The van der Waals surface area contributed by atoms with Gasteiger partial charge in [-0.05, 0) is 46.5 Å². The number of hydrogen-bond donors (Lipinski definition) is 0. The Kier molecular flexibility index (Phi) is 6.96. The van der Waals surface area contributed by atoms with Crippen molar-refractivity contribution >= 4 is 34.4 Å². The van der Waals surface area contributed by atoms with Crippen LogP contribution in [-0.2, 0) is 9.47 Å². The van der Waals surface area contributed by atoms with Gasteiger partial charge in [0.2, 0.25) is 0 Å². The van der Waals surface area contributed by atoms with Gasteiger partial charge in [0, 0.05) is 44.3 Å². The Balaban J connectivity index is 1.24. The van der Waals surface area contributed by atoms with Crippen molar-refractivity contribution in [2.24, 2.45) is 5.41 Å². The molecule has 2 aromatic heterocycles. The summed E-state index contributed by atoms with van der Waals surface area (Å²) < 4.78 is 32.5. The third-order valence-corrected chi connectivity index (χ3v) is 8.38. The summed E-state index contributed by atoms with van der Waals surface area (Å²) in [5.74, 6) is -0.135. The zero-order chi connectivity index (χ0) is 27.4. The number of anilines is 1. The third-order valence-electron chi connectivity index (χ3n) is 8.11. The number of piperazine rings is 1. The van der Waals surface area contributed by atoms with E-state index in [1.807, 2.05) is 25.7 Å². The second-order valence-corrected chi connectivity index (χ2v) is 12.7. The SMILES string of the molecule is CC(C)(C)OC(=O)N1C2CCC1CN(c1nc(OCC3(CN4CCOCC4)CC3)nc3c(F)c(Cl)ncc13)C2. The molecule has 3 aliphatic heterocycles. The highest BCUT2D eigenvalue weighted by Gasteiger charge is 2.46. The highest BCUT2D eigenvalue weighted by molar-refractivity contribution is 6.30. The van der Waals surface area contributed by atoms with Crippen molar-refractivity contribution in [2.45, 2.75) is 64.1 Å². The first kappa shape index (κ1) is 26.7. The lowest BCUT2D eigenvalue weighted by Crippen LogP contribution is -2.57. The molecule has 39 heavy (non-hydrogen) atoms. The number of morpholine rings is 1. The Morgan fingerprint density at radius 3 is 2.51 bits per heavy atom. The zero-order valence-corrected chi connectivity index (χ0v) is 23.5. The van der Waals surface area contributed by atoms with Crippen LogP contribution in [0.15, 0.2) is 6.20 Å². The van der Waals surface area contributed by atoms with E-state index >= 15 is 4.39 Å². The molecular weight excluding hydrogens is 527 g/mol. The van der Waals surface area contributed by atoms with Crippen LogP contribution in [0.3, 0.4) is 0 Å². The van der Waals surface area contributed by atoms with E-state index in [-0.39, 0.29) is 40.3 Å². The second-order valence-electron chi connectivity index (χ2n) is 12.3. The number of fused-ring (bicyclic) bond motifs is 3. The van der Waals surface area contributed by atoms with Crippen molar-refractivity contribution in [3.8, 4) is 6.01 Å². The number of pyridine rings is 1. The number of ether oxygens (including phenoxy) is 3. The molecule has 4 aliphatic rings. The summed E-state index contributed by atoms with van der Waals surface area (Å²) in [5.41, 5.74) is -0.413. The monoisotopic (exact) mass is 562 g/mol. The maximum Gasteiger partial charge on any atom is 0.410 e. The van der Waals surface area contributed by atoms with Crippen LogP contribution >= 0.6 is 11.6 Å². The first-order chi connectivity index (χ1) is 18.6. The number of halogens is 2. The molecule has 0 radical (unpaired) electrons. The lowest BCUT2D eigenvalue weighted by molar-refractivity contribution is 0.0123. The summed E-state index contributed by atoms with van der Waals surface area (Å²) in [5, 5.41) is 0.239. The van der Waals surface area contributed by atoms with E-state index in [0.29, 0.717) is 30.9 Å². The fraction of sp³-hybridized carbons (Fsp3) is 0.704. The quantitative estimate of drug-likeness (QED) is 0.486. The minimum atomic E-state index is -0.688. The summed E-state index contributed by atoms with van der Waals surface area (Å²) in [6, 6.07) is 0.0801. The summed E-state index contributed by atoms with van der Waals surface area (Å²) in [6.45, 7) is 11.5. The van der Waals surface area contributed by atoms with Gasteiger partial charge in [0.05, 0.1) is 37.3 Å². The smallest absolute Gasteiger partial charge is 0.410 e. The zero-order valence-electron chi connectivity index (χ0n) is 22.8. The topological polar surface area (TPSA) is 93.2 Å². The molecule has 0 spiro atoms. The molecule has 0 aromatic carbocycles. The maximum atomic E-state index is 15.2. The van der Waals surface area contributed by atoms with Gasteiger partial charge in [-0.3, -0.25) is 9.80 Å². The van der Waals surface area contributed by atoms with Crippen LogP contribution in [0, 0.1) is 11.2 Å². The predicted molar refractivity (Wildman–Crippen MR) is 144 cm³/mol. The molecular formula is C27H36ClFN6O4. The van der Waals surface area contributed by atoms with Crippen molar-refractivity contribution in [3.05, 3.63) is 17.2 Å². The van der Waals surface area contributed by atoms with Crippen LogP contribution in [-0.4, -0.2) is 101 Å². The molecule has 2 atom stereocenters. The van der Waals surface area contributed by atoms with Crippen molar-refractivity contribution in [2.75, 3.05) is 57.4 Å². The number of hydrogen-bond acceptors (Lipinski definition) is 9. The first-order valence-electron chi connectivity index (χ1n) is 13.8. The third kappa shape index (κ3) is 5.58. The van der Waals surface area contributed by atoms with Gasteiger partial charge in [0.1, 0.15) is 16.9 Å². The van der Waals surface area contributed by atoms with Crippen LogP contribution in [0.2, 0.25) is 5.15 Å². The van der Waals surface area contributed by atoms with Gasteiger partial charge in [-0.25, -0.2) is 14.2 Å². The van der Waals surface area contributed by atoms with E-state index in [1.54, 1.807) is 0 Å². The normalized spacial score (nSPS) is 24.7. The van der Waals surface area contributed by atoms with Crippen LogP contribution in [0.1, 0.15) is 46.5 Å². The van der Waals surface area contributed by atoms with Crippen LogP contribution < -0.4 is 9.64 Å². The Morgan fingerprint density at radius 1 is 1.18 bits per heavy atom. The van der Waals surface area contributed by atoms with Crippen LogP contribution in [0.4, 0.5) is 15.0 Å². The molecule has 1 amide bonds. The molecule has 212 valence electrons. The summed E-state index contributed by atoms with van der Waals surface area (Å²) in [7, 11) is 0. The van der Waals surface area contributed by atoms with Gasteiger partial charge in [-0.15, -0.1) is 0 Å². The lowest BCUT2D eigenvalue weighted by atomic mass is 10.1. The minimum Gasteiger partial charge on any atom is -0.463 e. The maximum absolute atomic E-state index is 15.2. The van der Waals surface area contributed by atoms with E-state index in [0.717, 1.165) is 58.5 Å². The van der Waals surface area contributed by atoms with Crippen molar-refractivity contribution in [1.29, 1.82) is 0 Å². The van der Waals surface area contributed by atoms with Gasteiger partial charge < -0.3 is 19.1 Å². The Morgan fingerprint density at radius 2 is 1.87 bits per heavy atom. The van der Waals surface area contributed by atoms with Gasteiger partial charge in [-0.1, -0.05) is 11.6 Å². The largest absolute Gasteiger partial charge is 0.463 e. The highest BCUT2D eigenvalue weighted by atomic mass is 35.5. The summed E-state index contributed by atoms with van der Waals surface area (Å²) in [4.78, 5) is 32.6. The predicted octanol–water partition coefficient (Wildman–Crippen LogP) is 3.90. The van der Waals surface area contributed by atoms with E-state index in [4.69, 9.17) is 30.8 Å². The number of carbonyl (C=O) groups excluding carboxylic acids is 1. The Hall–Kier alpha value is -2.50. The van der Waals surface area contributed by atoms with Crippen molar-refractivity contribution < 1.29 is 23.4 Å². The molecule has 0 N–H and O–H groups in total. The van der Waals surface area contributed by atoms with Crippen LogP contribution in [0.25, 0.3) is 10.9 Å². The van der Waals surface area contributed by atoms with E-state index in [9.17, 15) is 4.79 Å². The minimum absolute atomic E-state index is 0.0265. The number of aromatic nitrogens is 3. The average Bonchev–Trinajstić information content (AvgIpc) is 3.60. The van der Waals surface area contributed by atoms with Gasteiger partial charge in [0.25, 0.3) is 0 Å². The molecule has 2 bridgehead atoms. The van der Waals surface area contributed by atoms with E-state index < -0.39 is 11.4 Å². The summed E-state index contributed by atoms with van der Waals surface area (Å²) >= 11 is 6.03. The van der Waals surface area contributed by atoms with Gasteiger partial charge in [-0.2, -0.15) is 9.97 Å². The van der Waals surface area contributed by atoms with Crippen molar-refractivity contribution in [3.63, 3.8) is 0 Å². The molecule has 2 unspecified atom stereocenters. The molecule has 3 saturated heterocycles. The van der Waals surface area contributed by atoms with Crippen LogP contribution in [0.5, 0.6) is 6.01 Å². The molecule has 2 aromatic rings. The van der Waals surface area contributed by atoms with E-state index in [1.165, 1.54) is 6.20 Å². The fourth-order valence-electron chi connectivity index (χ4n) is 5.97. The van der Waals surface area contributed by atoms with Crippen molar-refractivity contribution in [1.82, 2.24) is 24.8 Å². The number of carbonyl (C=O) groups is 1. The molecule has 12 heteroatoms. The standard InChI is InChI=1S/C27H36ClFN6O4/c1-26(2,3)39-25(36)35-17-4-5-18(35)14-34(13-17)23-19-12-30-22(28)20(29)21(19)31-24(32-23)38-16-27(6-7-27)15-33-8-10-37-11-9-33/h12,17-18H,4-11,13-16H2,1-3H3. The second kappa shape index (κ2) is 10.2. The fourth-order valence-corrected chi connectivity index (χ4v) is 6.11. The molecule has 1 aliphatic carbocycles. The van der Waals surface area contributed by atoms with Gasteiger partial charge in [0.15, 0.2) is 11.0 Å². The summed E-state index contributed by atoms with van der Waals surface area (Å²) in [6.07, 6.45) is 5.11.